The third kappa shape index (κ3) is 5.98. The van der Waals surface area contributed by atoms with E-state index in [2.05, 4.69) is 73.9 Å². The number of benzene rings is 1. The molecule has 3 rings (SSSR count). The van der Waals surface area contributed by atoms with Gasteiger partial charge in [-0.25, -0.2) is 0 Å². The highest BCUT2D eigenvalue weighted by atomic mass is 16.2. The quantitative estimate of drug-likeness (QED) is 0.410. The standard InChI is InChI=1S/C26H39N3O/c1-4-5-18-29(2,3)25(19-22-20-28-24-15-11-10-14-23(22)24)26(30)27-17-16-21-12-8-6-7-9-13-21/h8,10-12,14-15,20-21,25,28H,4-7,9,13,16-19H2,1-3H3/p+1/t21-,25+/m1/s1. The summed E-state index contributed by atoms with van der Waals surface area (Å²) >= 11 is 0. The first-order chi connectivity index (χ1) is 14.5. The molecule has 1 aromatic carbocycles. The van der Waals surface area contributed by atoms with Crippen LogP contribution in [-0.4, -0.2) is 48.6 Å². The lowest BCUT2D eigenvalue weighted by Crippen LogP contribution is -2.57. The SMILES string of the molecule is CCCC[N+](C)(C)[C@@H](Cc1c[nH]c2ccccc12)C(=O)NCC[C@@H]1C=CCCCC1. The number of hydrogen-bond donors (Lipinski definition) is 2. The van der Waals surface area contributed by atoms with Crippen molar-refractivity contribution in [1.29, 1.82) is 0 Å². The molecule has 0 unspecified atom stereocenters. The molecule has 0 aliphatic heterocycles. The van der Waals surface area contributed by atoms with Gasteiger partial charge in [-0.1, -0.05) is 50.1 Å². The molecule has 1 amide bonds. The number of likely N-dealkylation sites (N-methyl/N-ethyl adjacent to an activating group) is 1. The van der Waals surface area contributed by atoms with Crippen molar-refractivity contribution in [3.8, 4) is 0 Å². The Bertz CT molecular complexity index is 836. The highest BCUT2D eigenvalue weighted by molar-refractivity contribution is 5.85. The summed E-state index contributed by atoms with van der Waals surface area (Å²) < 4.78 is 0.725. The number of carbonyl (C=O) groups excluding carboxylic acids is 1. The summed E-state index contributed by atoms with van der Waals surface area (Å²) in [4.78, 5) is 16.7. The van der Waals surface area contributed by atoms with Crippen molar-refractivity contribution in [1.82, 2.24) is 10.3 Å². The Kier molecular flexibility index (Phi) is 8.15. The first-order valence-electron chi connectivity index (χ1n) is 11.8. The lowest BCUT2D eigenvalue weighted by atomic mass is 9.99. The van der Waals surface area contributed by atoms with Crippen LogP contribution in [0.2, 0.25) is 0 Å². The molecule has 0 saturated carbocycles. The molecular weight excluding hydrogens is 370 g/mol. The lowest BCUT2D eigenvalue weighted by molar-refractivity contribution is -0.906. The predicted molar refractivity (Wildman–Crippen MR) is 126 cm³/mol. The van der Waals surface area contributed by atoms with Crippen LogP contribution in [0.15, 0.2) is 42.6 Å². The van der Waals surface area contributed by atoms with Crippen LogP contribution >= 0.6 is 0 Å². The van der Waals surface area contributed by atoms with Crippen LogP contribution in [0.3, 0.4) is 0 Å². The van der Waals surface area contributed by atoms with E-state index in [0.29, 0.717) is 5.92 Å². The van der Waals surface area contributed by atoms with Gasteiger partial charge in [0.05, 0.1) is 20.6 Å². The smallest absolute Gasteiger partial charge is 0.278 e. The molecule has 0 bridgehead atoms. The predicted octanol–water partition coefficient (Wildman–Crippen LogP) is 5.21. The minimum atomic E-state index is -0.0829. The van der Waals surface area contributed by atoms with E-state index in [9.17, 15) is 4.79 Å². The maximum absolute atomic E-state index is 13.4. The van der Waals surface area contributed by atoms with Gasteiger partial charge < -0.3 is 14.8 Å². The number of rotatable bonds is 10. The fourth-order valence-electron chi connectivity index (χ4n) is 4.68. The summed E-state index contributed by atoms with van der Waals surface area (Å²) in [5.41, 5.74) is 2.38. The van der Waals surface area contributed by atoms with Crippen LogP contribution in [0.5, 0.6) is 0 Å². The Balaban J connectivity index is 1.69. The fraction of sp³-hybridized carbons (Fsp3) is 0.577. The second-order valence-electron chi connectivity index (χ2n) is 9.49. The van der Waals surface area contributed by atoms with E-state index in [1.807, 2.05) is 0 Å². The molecule has 2 atom stereocenters. The van der Waals surface area contributed by atoms with Gasteiger partial charge in [-0.2, -0.15) is 0 Å². The van der Waals surface area contributed by atoms with E-state index < -0.39 is 0 Å². The summed E-state index contributed by atoms with van der Waals surface area (Å²) in [7, 11) is 4.42. The maximum Gasteiger partial charge on any atom is 0.278 e. The minimum absolute atomic E-state index is 0.0829. The Labute approximate surface area is 182 Å². The Morgan fingerprint density at radius 1 is 1.27 bits per heavy atom. The first-order valence-corrected chi connectivity index (χ1v) is 11.8. The number of nitrogens with zero attached hydrogens (tertiary/aromatic N) is 1. The van der Waals surface area contributed by atoms with Crippen molar-refractivity contribution in [3.05, 3.63) is 48.2 Å². The van der Waals surface area contributed by atoms with Gasteiger partial charge in [-0.15, -0.1) is 0 Å². The van der Waals surface area contributed by atoms with Gasteiger partial charge in [-0.3, -0.25) is 4.79 Å². The Morgan fingerprint density at radius 3 is 2.93 bits per heavy atom. The van der Waals surface area contributed by atoms with Crippen molar-refractivity contribution in [2.75, 3.05) is 27.2 Å². The molecule has 4 heteroatoms. The summed E-state index contributed by atoms with van der Waals surface area (Å²) in [5.74, 6) is 0.807. The summed E-state index contributed by atoms with van der Waals surface area (Å²) in [6.45, 7) is 4.00. The molecule has 0 spiro atoms. The number of carbonyl (C=O) groups is 1. The van der Waals surface area contributed by atoms with Gasteiger partial charge in [0.1, 0.15) is 0 Å². The minimum Gasteiger partial charge on any atom is -0.361 e. The number of unbranched alkanes of at least 4 members (excludes halogenated alkanes) is 1. The van der Waals surface area contributed by atoms with Crippen LogP contribution in [-0.2, 0) is 11.2 Å². The number of quaternary nitrogens is 1. The zero-order valence-electron chi connectivity index (χ0n) is 19.1. The third-order valence-corrected chi connectivity index (χ3v) is 6.74. The summed E-state index contributed by atoms with van der Waals surface area (Å²) in [5, 5.41) is 4.53. The van der Waals surface area contributed by atoms with Crippen molar-refractivity contribution in [2.24, 2.45) is 5.92 Å². The maximum atomic E-state index is 13.4. The molecule has 1 aliphatic carbocycles. The summed E-state index contributed by atoms with van der Waals surface area (Å²) in [6.07, 6.45) is 15.9. The van der Waals surface area contributed by atoms with Crippen LogP contribution in [0.25, 0.3) is 10.9 Å². The van der Waals surface area contributed by atoms with E-state index >= 15 is 0 Å². The van der Waals surface area contributed by atoms with Crippen molar-refractivity contribution in [3.63, 3.8) is 0 Å². The molecule has 0 fully saturated rings. The highest BCUT2D eigenvalue weighted by Crippen LogP contribution is 2.23. The second-order valence-corrected chi connectivity index (χ2v) is 9.49. The summed E-state index contributed by atoms with van der Waals surface area (Å²) in [6, 6.07) is 8.30. The van der Waals surface area contributed by atoms with Gasteiger partial charge in [0.2, 0.25) is 0 Å². The molecule has 0 saturated heterocycles. The van der Waals surface area contributed by atoms with Crippen LogP contribution < -0.4 is 5.32 Å². The van der Waals surface area contributed by atoms with Gasteiger partial charge in [-0.05, 0) is 49.7 Å². The normalized spacial score (nSPS) is 18.3. The van der Waals surface area contributed by atoms with Crippen molar-refractivity contribution in [2.45, 2.75) is 64.3 Å². The number of H-pyrrole nitrogens is 1. The van der Waals surface area contributed by atoms with Crippen molar-refractivity contribution >= 4 is 16.8 Å². The fourth-order valence-corrected chi connectivity index (χ4v) is 4.68. The number of aromatic amines is 1. The Hall–Kier alpha value is -2.07. The molecule has 1 heterocycles. The van der Waals surface area contributed by atoms with Crippen LogP contribution in [0, 0.1) is 5.92 Å². The van der Waals surface area contributed by atoms with Crippen molar-refractivity contribution < 1.29 is 9.28 Å². The van der Waals surface area contributed by atoms with Gasteiger partial charge in [0, 0.05) is 30.1 Å². The van der Waals surface area contributed by atoms with Gasteiger partial charge in [0.25, 0.3) is 5.91 Å². The largest absolute Gasteiger partial charge is 0.361 e. The average molecular weight is 411 g/mol. The molecule has 1 aliphatic rings. The molecule has 4 nitrogen and oxygen atoms in total. The number of nitrogens with one attached hydrogen (secondary N) is 2. The topological polar surface area (TPSA) is 44.9 Å². The van der Waals surface area contributed by atoms with Crippen LogP contribution in [0.4, 0.5) is 0 Å². The zero-order valence-corrected chi connectivity index (χ0v) is 19.1. The van der Waals surface area contributed by atoms with E-state index in [0.717, 1.165) is 48.8 Å². The van der Waals surface area contributed by atoms with E-state index in [-0.39, 0.29) is 11.9 Å². The third-order valence-electron chi connectivity index (χ3n) is 6.74. The number of fused-ring (bicyclic) bond motifs is 1. The number of para-hydroxylation sites is 1. The molecule has 2 N–H and O–H groups in total. The molecule has 164 valence electrons. The first kappa shape index (κ1) is 22.6. The lowest BCUT2D eigenvalue weighted by Gasteiger charge is -2.37. The number of amides is 1. The molecule has 30 heavy (non-hydrogen) atoms. The van der Waals surface area contributed by atoms with E-state index in [1.54, 1.807) is 0 Å². The molecule has 1 aromatic heterocycles. The molecule has 0 radical (unpaired) electrons. The number of allylic oxidation sites excluding steroid dienone is 2. The monoisotopic (exact) mass is 410 g/mol. The zero-order chi connectivity index (χ0) is 21.4. The van der Waals surface area contributed by atoms with E-state index in [1.165, 1.54) is 36.6 Å². The Morgan fingerprint density at radius 2 is 2.10 bits per heavy atom. The van der Waals surface area contributed by atoms with Crippen LogP contribution in [0.1, 0.15) is 57.4 Å². The van der Waals surface area contributed by atoms with E-state index in [4.69, 9.17) is 0 Å². The molecule has 2 aromatic rings. The number of hydrogen-bond acceptors (Lipinski definition) is 1. The van der Waals surface area contributed by atoms with Gasteiger partial charge >= 0.3 is 0 Å². The number of aromatic nitrogens is 1. The average Bonchev–Trinajstić information content (AvgIpc) is 2.96. The second kappa shape index (κ2) is 10.8. The van der Waals surface area contributed by atoms with Gasteiger partial charge in [0.15, 0.2) is 6.04 Å². The molecular formula is C26H40N3O+. The highest BCUT2D eigenvalue weighted by Gasteiger charge is 2.35.